The summed E-state index contributed by atoms with van der Waals surface area (Å²) in [4.78, 5) is 22.6. The summed E-state index contributed by atoms with van der Waals surface area (Å²) in [5.74, 6) is -1.47. The number of esters is 1. The molecule has 0 saturated heterocycles. The van der Waals surface area contributed by atoms with Crippen LogP contribution in [0.1, 0.15) is 10.4 Å². The standard InChI is InChI=1S/C13H16O8/c14-5-9(17)11(18)12(19)10(6-15)21-13(20)7-3-1-2-4-8(7)16/h1-4,6,9-12,14,16-19H,5H2/t9-,10+,11+,12-/m1/s1. The molecule has 0 aliphatic carbocycles. The minimum absolute atomic E-state index is 0.0653. The molecule has 8 heteroatoms. The van der Waals surface area contributed by atoms with Crippen molar-refractivity contribution in [3.63, 3.8) is 0 Å². The smallest absolute Gasteiger partial charge is 0.342 e. The second-order valence-electron chi connectivity index (χ2n) is 4.25. The third-order valence-corrected chi connectivity index (χ3v) is 2.77. The number of aldehydes is 1. The van der Waals surface area contributed by atoms with Gasteiger partial charge in [0, 0.05) is 0 Å². The van der Waals surface area contributed by atoms with Gasteiger partial charge in [-0.3, -0.25) is 4.79 Å². The second kappa shape index (κ2) is 7.70. The Morgan fingerprint density at radius 2 is 1.81 bits per heavy atom. The summed E-state index contributed by atoms with van der Waals surface area (Å²) in [6.45, 7) is -0.850. The highest BCUT2D eigenvalue weighted by Crippen LogP contribution is 2.18. The van der Waals surface area contributed by atoms with Gasteiger partial charge in [-0.25, -0.2) is 4.79 Å². The number of ether oxygens (including phenoxy) is 1. The molecule has 4 atom stereocenters. The molecule has 0 aliphatic rings. The lowest BCUT2D eigenvalue weighted by molar-refractivity contribution is -0.138. The number of aromatic hydroxyl groups is 1. The maximum atomic E-state index is 11.8. The Bertz CT molecular complexity index is 489. The lowest BCUT2D eigenvalue weighted by Crippen LogP contribution is -2.48. The predicted molar refractivity (Wildman–Crippen MR) is 68.5 cm³/mol. The van der Waals surface area contributed by atoms with Crippen molar-refractivity contribution in [2.45, 2.75) is 24.4 Å². The molecule has 0 aliphatic heterocycles. The molecule has 0 aromatic heterocycles. The highest BCUT2D eigenvalue weighted by Gasteiger charge is 2.34. The molecular weight excluding hydrogens is 284 g/mol. The first-order chi connectivity index (χ1) is 9.92. The van der Waals surface area contributed by atoms with Crippen LogP contribution in [0.15, 0.2) is 24.3 Å². The van der Waals surface area contributed by atoms with E-state index in [2.05, 4.69) is 4.74 Å². The third kappa shape index (κ3) is 4.23. The zero-order valence-corrected chi connectivity index (χ0v) is 10.9. The minimum atomic E-state index is -1.93. The Morgan fingerprint density at radius 3 is 2.33 bits per heavy atom. The number of phenols is 1. The van der Waals surface area contributed by atoms with E-state index in [0.717, 1.165) is 0 Å². The van der Waals surface area contributed by atoms with Crippen LogP contribution in [0.2, 0.25) is 0 Å². The SMILES string of the molecule is O=C[C@H](OC(=O)c1ccccc1O)[C@@H](O)[C@@H](O)[C@H](O)CO. The number of carbonyl (C=O) groups excluding carboxylic acids is 2. The summed E-state index contributed by atoms with van der Waals surface area (Å²) in [6, 6.07) is 5.39. The Labute approximate surface area is 119 Å². The molecule has 116 valence electrons. The van der Waals surface area contributed by atoms with Gasteiger partial charge in [0.25, 0.3) is 0 Å². The molecule has 21 heavy (non-hydrogen) atoms. The maximum absolute atomic E-state index is 11.8. The van der Waals surface area contributed by atoms with Gasteiger partial charge < -0.3 is 30.3 Å². The summed E-state index contributed by atoms with van der Waals surface area (Å²) in [7, 11) is 0. The van der Waals surface area contributed by atoms with Crippen LogP contribution in [0.4, 0.5) is 0 Å². The summed E-state index contributed by atoms with van der Waals surface area (Å²) in [6.07, 6.45) is -7.23. The number of hydrogen-bond donors (Lipinski definition) is 5. The zero-order valence-electron chi connectivity index (χ0n) is 10.9. The van der Waals surface area contributed by atoms with Crippen molar-refractivity contribution in [2.24, 2.45) is 0 Å². The Kier molecular flexibility index (Phi) is 6.25. The fraction of sp³-hybridized carbons (Fsp3) is 0.385. The molecule has 1 aromatic rings. The van der Waals surface area contributed by atoms with Gasteiger partial charge >= 0.3 is 5.97 Å². The topological polar surface area (TPSA) is 145 Å². The van der Waals surface area contributed by atoms with Crippen LogP contribution in [0.5, 0.6) is 5.75 Å². The quantitative estimate of drug-likeness (QED) is 0.293. The van der Waals surface area contributed by atoms with Gasteiger partial charge in [0.1, 0.15) is 29.6 Å². The van der Waals surface area contributed by atoms with Crippen molar-refractivity contribution >= 4 is 12.3 Å². The van der Waals surface area contributed by atoms with E-state index in [1.807, 2.05) is 0 Å². The van der Waals surface area contributed by atoms with Crippen molar-refractivity contribution in [3.05, 3.63) is 29.8 Å². The number of hydrogen-bond acceptors (Lipinski definition) is 8. The van der Waals surface area contributed by atoms with Crippen LogP contribution in [-0.4, -0.2) is 68.8 Å². The van der Waals surface area contributed by atoms with Gasteiger partial charge in [0.2, 0.25) is 0 Å². The van der Waals surface area contributed by atoms with E-state index in [1.54, 1.807) is 0 Å². The molecule has 0 saturated carbocycles. The van der Waals surface area contributed by atoms with Crippen molar-refractivity contribution < 1.29 is 39.9 Å². The number of aliphatic hydroxyl groups is 4. The number of rotatable bonds is 7. The summed E-state index contributed by atoms with van der Waals surface area (Å²) in [5, 5.41) is 46.4. The first-order valence-electron chi connectivity index (χ1n) is 6.01. The average Bonchev–Trinajstić information content (AvgIpc) is 2.50. The van der Waals surface area contributed by atoms with Crippen LogP contribution in [0.3, 0.4) is 0 Å². The lowest BCUT2D eigenvalue weighted by atomic mass is 10.0. The van der Waals surface area contributed by atoms with Crippen LogP contribution >= 0.6 is 0 Å². The first kappa shape index (κ1) is 17.1. The molecule has 0 unspecified atom stereocenters. The molecule has 0 spiro atoms. The monoisotopic (exact) mass is 300 g/mol. The van der Waals surface area contributed by atoms with Gasteiger partial charge in [-0.05, 0) is 12.1 Å². The molecule has 8 nitrogen and oxygen atoms in total. The van der Waals surface area contributed by atoms with Crippen LogP contribution < -0.4 is 0 Å². The Balaban J connectivity index is 2.80. The number of benzene rings is 1. The second-order valence-corrected chi connectivity index (χ2v) is 4.25. The molecule has 1 rings (SSSR count). The largest absolute Gasteiger partial charge is 0.507 e. The fourth-order valence-corrected chi connectivity index (χ4v) is 1.54. The molecule has 0 heterocycles. The average molecular weight is 300 g/mol. The zero-order chi connectivity index (χ0) is 16.0. The highest BCUT2D eigenvalue weighted by molar-refractivity contribution is 5.93. The van der Waals surface area contributed by atoms with Crippen molar-refractivity contribution in [2.75, 3.05) is 6.61 Å². The van der Waals surface area contributed by atoms with Crippen molar-refractivity contribution in [1.82, 2.24) is 0 Å². The van der Waals surface area contributed by atoms with Crippen LogP contribution in [-0.2, 0) is 9.53 Å². The van der Waals surface area contributed by atoms with Crippen LogP contribution in [0, 0.1) is 0 Å². The maximum Gasteiger partial charge on any atom is 0.342 e. The Hall–Kier alpha value is -2.00. The first-order valence-corrected chi connectivity index (χ1v) is 6.01. The molecule has 0 fully saturated rings. The molecule has 0 amide bonds. The van der Waals surface area contributed by atoms with Gasteiger partial charge in [-0.1, -0.05) is 12.1 Å². The number of carbonyl (C=O) groups is 2. The van der Waals surface area contributed by atoms with E-state index in [-0.39, 0.29) is 17.6 Å². The summed E-state index contributed by atoms with van der Waals surface area (Å²) >= 11 is 0. The predicted octanol–water partition coefficient (Wildman–Crippen LogP) is -1.81. The number of para-hydroxylation sites is 1. The van der Waals surface area contributed by atoms with Gasteiger partial charge in [-0.15, -0.1) is 0 Å². The summed E-state index contributed by atoms with van der Waals surface area (Å²) < 4.78 is 4.67. The summed E-state index contributed by atoms with van der Waals surface area (Å²) in [5.41, 5.74) is -0.228. The van der Waals surface area contributed by atoms with Gasteiger partial charge in [0.15, 0.2) is 12.4 Å². The van der Waals surface area contributed by atoms with Gasteiger partial charge in [-0.2, -0.15) is 0 Å². The third-order valence-electron chi connectivity index (χ3n) is 2.77. The van der Waals surface area contributed by atoms with E-state index >= 15 is 0 Å². The molecule has 1 aromatic carbocycles. The van der Waals surface area contributed by atoms with E-state index < -0.39 is 37.0 Å². The molecular formula is C13H16O8. The van der Waals surface area contributed by atoms with E-state index in [0.29, 0.717) is 0 Å². The van der Waals surface area contributed by atoms with E-state index in [1.165, 1.54) is 24.3 Å². The number of phenolic OH excluding ortho intramolecular Hbond substituents is 1. The molecule has 0 radical (unpaired) electrons. The number of aliphatic hydroxyl groups excluding tert-OH is 4. The molecule has 0 bridgehead atoms. The highest BCUT2D eigenvalue weighted by atomic mass is 16.6. The van der Waals surface area contributed by atoms with Crippen LogP contribution in [0.25, 0.3) is 0 Å². The van der Waals surface area contributed by atoms with Crippen molar-refractivity contribution in [1.29, 1.82) is 0 Å². The van der Waals surface area contributed by atoms with Gasteiger partial charge in [0.05, 0.1) is 6.61 Å². The Morgan fingerprint density at radius 1 is 1.19 bits per heavy atom. The molecule has 5 N–H and O–H groups in total. The van der Waals surface area contributed by atoms with E-state index in [9.17, 15) is 30.0 Å². The normalized spacial score (nSPS) is 16.6. The minimum Gasteiger partial charge on any atom is -0.507 e. The lowest BCUT2D eigenvalue weighted by Gasteiger charge is -2.25. The van der Waals surface area contributed by atoms with E-state index in [4.69, 9.17) is 5.11 Å². The van der Waals surface area contributed by atoms with Crippen molar-refractivity contribution in [3.8, 4) is 5.75 Å². The fourth-order valence-electron chi connectivity index (χ4n) is 1.54.